The quantitative estimate of drug-likeness (QED) is 0.189. The van der Waals surface area contributed by atoms with Gasteiger partial charge in [0.25, 0.3) is 5.91 Å². The normalized spacial score (nSPS) is 24.0. The Kier molecular flexibility index (Phi) is 12.4. The summed E-state index contributed by atoms with van der Waals surface area (Å²) < 4.78 is 13.3. The van der Waals surface area contributed by atoms with E-state index in [9.17, 15) is 28.5 Å². The molecule has 3 aliphatic rings. The molecular formula is C36H56N6O6S. The molecule has 1 aromatic heterocycles. The van der Waals surface area contributed by atoms with Crippen LogP contribution in [0.25, 0.3) is 0 Å². The van der Waals surface area contributed by atoms with E-state index >= 15 is 0 Å². The molecule has 4 rings (SSSR count). The van der Waals surface area contributed by atoms with Crippen molar-refractivity contribution in [1.29, 1.82) is 0 Å². The fourth-order valence-electron chi connectivity index (χ4n) is 7.25. The SMILES string of the molecule is CC1CN(C(=O)[C@@H](NC(=O)NC2(C[S+]([O-])c3ccccn3)CCCCC2)C(C)(C)C)[C@H](C(=O)NC(CC2CCC2)C(=O)C(N)=O)CC1(C)C. The van der Waals surface area contributed by atoms with Crippen LogP contribution >= 0.6 is 0 Å². The van der Waals surface area contributed by atoms with E-state index in [4.69, 9.17) is 5.73 Å². The Morgan fingerprint density at radius 2 is 1.73 bits per heavy atom. The molecule has 1 saturated heterocycles. The Labute approximate surface area is 294 Å². The maximum atomic E-state index is 14.6. The lowest BCUT2D eigenvalue weighted by Crippen LogP contribution is -2.66. The number of hydrogen-bond acceptors (Lipinski definition) is 7. The number of rotatable bonds is 12. The lowest BCUT2D eigenvalue weighted by atomic mass is 9.70. The summed E-state index contributed by atoms with van der Waals surface area (Å²) in [6.45, 7) is 12.0. The molecule has 2 aliphatic carbocycles. The number of hydrogen-bond donors (Lipinski definition) is 4. The summed E-state index contributed by atoms with van der Waals surface area (Å²) in [6.07, 6.45) is 9.19. The Morgan fingerprint density at radius 1 is 1.06 bits per heavy atom. The average Bonchev–Trinajstić information content (AvgIpc) is 3.01. The van der Waals surface area contributed by atoms with Gasteiger partial charge in [-0.3, -0.25) is 19.2 Å². The number of pyridine rings is 1. The van der Waals surface area contributed by atoms with Crippen LogP contribution < -0.4 is 21.7 Å². The van der Waals surface area contributed by atoms with Crippen LogP contribution in [0.3, 0.4) is 0 Å². The van der Waals surface area contributed by atoms with E-state index in [1.807, 2.05) is 41.5 Å². The van der Waals surface area contributed by atoms with Crippen LogP contribution in [0.1, 0.15) is 106 Å². The van der Waals surface area contributed by atoms with Crippen LogP contribution in [0, 0.1) is 22.7 Å². The van der Waals surface area contributed by atoms with E-state index in [2.05, 4.69) is 20.9 Å². The molecule has 0 bridgehead atoms. The van der Waals surface area contributed by atoms with Crippen LogP contribution in [0.15, 0.2) is 29.4 Å². The van der Waals surface area contributed by atoms with Crippen molar-refractivity contribution in [1.82, 2.24) is 25.8 Å². The molecular weight excluding hydrogens is 644 g/mol. The van der Waals surface area contributed by atoms with Crippen molar-refractivity contribution >= 4 is 40.7 Å². The second-order valence-corrected chi connectivity index (χ2v) is 17.7. The summed E-state index contributed by atoms with van der Waals surface area (Å²) in [5.41, 5.74) is 3.58. The van der Waals surface area contributed by atoms with E-state index in [1.54, 1.807) is 24.4 Å². The van der Waals surface area contributed by atoms with Crippen molar-refractivity contribution in [3.05, 3.63) is 24.4 Å². The molecule has 49 heavy (non-hydrogen) atoms. The van der Waals surface area contributed by atoms with Gasteiger partial charge in [0.2, 0.25) is 22.6 Å². The predicted molar refractivity (Wildman–Crippen MR) is 187 cm³/mol. The molecule has 2 heterocycles. The highest BCUT2D eigenvalue weighted by molar-refractivity contribution is 7.91. The lowest BCUT2D eigenvalue weighted by molar-refractivity contribution is -0.151. The number of carbonyl (C=O) groups is 5. The number of urea groups is 1. The molecule has 13 heteroatoms. The number of aromatic nitrogens is 1. The van der Waals surface area contributed by atoms with Crippen LogP contribution in [-0.2, 0) is 30.4 Å². The Hall–Kier alpha value is -3.19. The molecule has 0 aromatic carbocycles. The number of Topliss-reactive ketones (excluding diaryl/α,β-unsaturated/α-hetero) is 1. The monoisotopic (exact) mass is 700 g/mol. The molecule has 5 amide bonds. The van der Waals surface area contributed by atoms with Gasteiger partial charge in [0, 0.05) is 30.0 Å². The van der Waals surface area contributed by atoms with Gasteiger partial charge in [-0.1, -0.05) is 86.1 Å². The number of carbonyl (C=O) groups excluding carboxylic acids is 5. The first-order valence-corrected chi connectivity index (χ1v) is 19.1. The second-order valence-electron chi connectivity index (χ2n) is 16.3. The second kappa shape index (κ2) is 15.8. The summed E-state index contributed by atoms with van der Waals surface area (Å²) in [6, 6.07) is 1.74. The van der Waals surface area contributed by atoms with E-state index in [1.165, 1.54) is 4.90 Å². The standard InChI is InChI=1S/C36H56N6O6S/c1-23-21-42(26(20-35(23,5)6)31(45)39-25(28(43)30(37)44)19-24-13-12-14-24)32(46)29(34(2,3)4)40-33(47)41-36(16-9-7-10-17-36)22-49(48)27-15-8-11-18-38-27/h8,11,15,18,23-26,29H,7,9-10,12-14,16-17,19-22H2,1-6H3,(H2,37,44)(H,39,45)(H2,40,41,47)/t23?,25?,26-,29+,49?/m0/s1. The minimum Gasteiger partial charge on any atom is -0.610 e. The molecule has 3 fully saturated rings. The third kappa shape index (κ3) is 9.74. The first-order valence-electron chi connectivity index (χ1n) is 17.7. The summed E-state index contributed by atoms with van der Waals surface area (Å²) in [5, 5.41) is 9.32. The third-order valence-electron chi connectivity index (χ3n) is 11.0. The topological polar surface area (TPSA) is 187 Å². The van der Waals surface area contributed by atoms with Crippen molar-refractivity contribution in [2.45, 2.75) is 134 Å². The maximum absolute atomic E-state index is 14.6. The largest absolute Gasteiger partial charge is 0.610 e. The van der Waals surface area contributed by atoms with E-state index in [-0.39, 0.29) is 29.5 Å². The van der Waals surface area contributed by atoms with Crippen LogP contribution in [-0.4, -0.2) is 79.9 Å². The van der Waals surface area contributed by atoms with Crippen molar-refractivity contribution in [3.8, 4) is 0 Å². The summed E-state index contributed by atoms with van der Waals surface area (Å²) >= 11 is -1.44. The highest BCUT2D eigenvalue weighted by atomic mass is 32.2. The fraction of sp³-hybridized carbons (Fsp3) is 0.722. The fourth-order valence-corrected chi connectivity index (χ4v) is 8.67. The van der Waals surface area contributed by atoms with Gasteiger partial charge in [-0.05, 0) is 54.4 Å². The van der Waals surface area contributed by atoms with Crippen LogP contribution in [0.5, 0.6) is 0 Å². The molecule has 12 nitrogen and oxygen atoms in total. The van der Waals surface area contributed by atoms with Gasteiger partial charge < -0.3 is 31.1 Å². The molecule has 1 aliphatic heterocycles. The zero-order valence-electron chi connectivity index (χ0n) is 30.0. The van der Waals surface area contributed by atoms with Crippen molar-refractivity contribution in [3.63, 3.8) is 0 Å². The smallest absolute Gasteiger partial charge is 0.316 e. The summed E-state index contributed by atoms with van der Waals surface area (Å²) in [5.74, 6) is -2.40. The molecule has 0 spiro atoms. The van der Waals surface area contributed by atoms with Gasteiger partial charge >= 0.3 is 6.03 Å². The molecule has 3 unspecified atom stereocenters. The number of primary amides is 1. The number of amides is 5. The van der Waals surface area contributed by atoms with Crippen LogP contribution in [0.2, 0.25) is 0 Å². The minimum atomic E-state index is -1.44. The van der Waals surface area contributed by atoms with Gasteiger partial charge in [-0.2, -0.15) is 0 Å². The molecule has 0 radical (unpaired) electrons. The van der Waals surface area contributed by atoms with E-state index in [0.29, 0.717) is 30.7 Å². The first-order chi connectivity index (χ1) is 22.9. The number of piperidine rings is 1. The molecule has 272 valence electrons. The van der Waals surface area contributed by atoms with Gasteiger partial charge in [0.05, 0.1) is 11.6 Å². The number of nitrogens with two attached hydrogens (primary N) is 1. The maximum Gasteiger partial charge on any atom is 0.316 e. The van der Waals surface area contributed by atoms with Crippen molar-refractivity contribution in [2.75, 3.05) is 12.3 Å². The molecule has 5 N–H and O–H groups in total. The summed E-state index contributed by atoms with van der Waals surface area (Å²) in [7, 11) is 0. The van der Waals surface area contributed by atoms with Crippen molar-refractivity contribution in [2.24, 2.45) is 28.4 Å². The number of ketones is 1. The molecule has 1 aromatic rings. The predicted octanol–water partition coefficient (Wildman–Crippen LogP) is 3.60. The molecule has 5 atom stereocenters. The average molecular weight is 701 g/mol. The highest BCUT2D eigenvalue weighted by Gasteiger charge is 2.48. The van der Waals surface area contributed by atoms with Crippen LogP contribution in [0.4, 0.5) is 4.79 Å². The number of nitrogens with one attached hydrogen (secondary N) is 3. The zero-order chi connectivity index (χ0) is 36.1. The number of nitrogens with zero attached hydrogens (tertiary/aromatic N) is 2. The third-order valence-corrected chi connectivity index (χ3v) is 12.5. The summed E-state index contributed by atoms with van der Waals surface area (Å²) in [4.78, 5) is 72.8. The highest BCUT2D eigenvalue weighted by Crippen LogP contribution is 2.40. The van der Waals surface area contributed by atoms with Crippen molar-refractivity contribution < 1.29 is 28.5 Å². The van der Waals surface area contributed by atoms with Gasteiger partial charge in [-0.15, -0.1) is 0 Å². The Morgan fingerprint density at radius 3 is 2.29 bits per heavy atom. The zero-order valence-corrected chi connectivity index (χ0v) is 30.8. The molecule has 2 saturated carbocycles. The van der Waals surface area contributed by atoms with Gasteiger partial charge in [0.15, 0.2) is 0 Å². The minimum absolute atomic E-state index is 0.0278. The number of likely N-dealkylation sites (tertiary alicyclic amines) is 1. The van der Waals surface area contributed by atoms with Gasteiger partial charge in [0.1, 0.15) is 17.8 Å². The Balaban J connectivity index is 1.55. The first kappa shape index (κ1) is 38.6. The van der Waals surface area contributed by atoms with Gasteiger partial charge in [-0.25, -0.2) is 9.78 Å². The lowest BCUT2D eigenvalue weighted by Gasteiger charge is -2.49. The van der Waals surface area contributed by atoms with E-state index in [0.717, 1.165) is 38.5 Å². The van der Waals surface area contributed by atoms with E-state index < -0.39 is 69.8 Å². The Bertz CT molecular complexity index is 1360.